The first kappa shape index (κ1) is 10.6. The summed E-state index contributed by atoms with van der Waals surface area (Å²) in [5.74, 6) is 0. The topological polar surface area (TPSA) is 18.5 Å². The van der Waals surface area contributed by atoms with E-state index in [0.717, 1.165) is 18.2 Å². The summed E-state index contributed by atoms with van der Waals surface area (Å²) >= 11 is 3.39. The molecule has 4 heteroatoms. The summed E-state index contributed by atoms with van der Waals surface area (Å²) in [5, 5.41) is 0. The van der Waals surface area contributed by atoms with E-state index in [-0.39, 0.29) is 0 Å². The second kappa shape index (κ2) is 5.29. The number of rotatable bonds is 5. The van der Waals surface area contributed by atoms with Crippen LogP contribution in [-0.2, 0) is 8.85 Å². The van der Waals surface area contributed by atoms with Gasteiger partial charge in [-0.1, -0.05) is 15.9 Å². The molecule has 0 aromatic rings. The van der Waals surface area contributed by atoms with Gasteiger partial charge < -0.3 is 8.85 Å². The van der Waals surface area contributed by atoms with E-state index >= 15 is 0 Å². The van der Waals surface area contributed by atoms with Crippen molar-refractivity contribution in [2.24, 2.45) is 0 Å². The Morgan fingerprint density at radius 1 is 1.20 bits per heavy atom. The third kappa shape index (κ3) is 3.70. The van der Waals surface area contributed by atoms with E-state index in [1.54, 1.807) is 0 Å². The zero-order chi connectivity index (χ0) is 8.04. The number of alkyl halides is 1. The van der Waals surface area contributed by atoms with Gasteiger partial charge in [0.1, 0.15) is 0 Å². The van der Waals surface area contributed by atoms with Crippen LogP contribution in [0.2, 0.25) is 6.55 Å². The van der Waals surface area contributed by atoms with Gasteiger partial charge in [0.25, 0.3) is 0 Å². The van der Waals surface area contributed by atoms with Crippen molar-refractivity contribution in [1.82, 2.24) is 0 Å². The molecule has 0 aliphatic heterocycles. The van der Waals surface area contributed by atoms with Crippen molar-refractivity contribution in [2.75, 3.05) is 18.2 Å². The van der Waals surface area contributed by atoms with E-state index in [2.05, 4.69) is 22.5 Å². The SMILES string of the molecule is CCO[Si](C)(CBr)OCC. The largest absolute Gasteiger partial charge is 0.394 e. The molecule has 0 saturated carbocycles. The highest BCUT2D eigenvalue weighted by molar-refractivity contribution is 9.09. The van der Waals surface area contributed by atoms with Gasteiger partial charge in [-0.3, -0.25) is 0 Å². The number of halogens is 1. The van der Waals surface area contributed by atoms with Crippen LogP contribution < -0.4 is 0 Å². The molecule has 0 aromatic heterocycles. The molecular formula is C6H15BrO2Si. The van der Waals surface area contributed by atoms with E-state index in [1.807, 2.05) is 13.8 Å². The highest BCUT2D eigenvalue weighted by Gasteiger charge is 2.28. The minimum Gasteiger partial charge on any atom is -0.394 e. The lowest BCUT2D eigenvalue weighted by Gasteiger charge is -2.23. The van der Waals surface area contributed by atoms with Crippen LogP contribution in [0.3, 0.4) is 0 Å². The molecule has 0 aromatic carbocycles. The summed E-state index contributed by atoms with van der Waals surface area (Å²) in [6.07, 6.45) is 0. The molecule has 62 valence electrons. The van der Waals surface area contributed by atoms with E-state index in [0.29, 0.717) is 0 Å². The van der Waals surface area contributed by atoms with Crippen molar-refractivity contribution >= 4 is 24.5 Å². The lowest BCUT2D eigenvalue weighted by Crippen LogP contribution is -2.41. The van der Waals surface area contributed by atoms with Gasteiger partial charge in [0.2, 0.25) is 0 Å². The van der Waals surface area contributed by atoms with E-state index in [1.165, 1.54) is 0 Å². The number of hydrogen-bond acceptors (Lipinski definition) is 2. The zero-order valence-corrected chi connectivity index (χ0v) is 9.40. The second-order valence-electron chi connectivity index (χ2n) is 2.13. The molecule has 0 unspecified atom stereocenters. The van der Waals surface area contributed by atoms with Crippen molar-refractivity contribution in [3.05, 3.63) is 0 Å². The molecule has 0 amide bonds. The van der Waals surface area contributed by atoms with Gasteiger partial charge in [0, 0.05) is 18.2 Å². The second-order valence-corrected chi connectivity index (χ2v) is 6.93. The maximum Gasteiger partial charge on any atom is 0.345 e. The van der Waals surface area contributed by atoms with Crippen molar-refractivity contribution in [3.8, 4) is 0 Å². The molecule has 10 heavy (non-hydrogen) atoms. The molecule has 0 spiro atoms. The Morgan fingerprint density at radius 3 is 1.80 bits per heavy atom. The average Bonchev–Trinajstić information content (AvgIpc) is 1.89. The Morgan fingerprint density at radius 2 is 1.60 bits per heavy atom. The van der Waals surface area contributed by atoms with E-state index in [4.69, 9.17) is 8.85 Å². The summed E-state index contributed by atoms with van der Waals surface area (Å²) in [7, 11) is -1.81. The van der Waals surface area contributed by atoms with Crippen LogP contribution in [0.4, 0.5) is 0 Å². The van der Waals surface area contributed by atoms with Crippen LogP contribution in [-0.4, -0.2) is 26.7 Å². The fourth-order valence-electron chi connectivity index (χ4n) is 0.729. The molecule has 0 heterocycles. The fourth-order valence-corrected chi connectivity index (χ4v) is 3.16. The van der Waals surface area contributed by atoms with Crippen LogP contribution in [0.5, 0.6) is 0 Å². The molecule has 0 saturated heterocycles. The minimum absolute atomic E-state index is 0.744. The van der Waals surface area contributed by atoms with Gasteiger partial charge in [-0.15, -0.1) is 0 Å². The minimum atomic E-state index is -1.81. The predicted molar refractivity (Wildman–Crippen MR) is 48.7 cm³/mol. The van der Waals surface area contributed by atoms with E-state index < -0.39 is 8.56 Å². The van der Waals surface area contributed by atoms with Gasteiger partial charge in [0.05, 0.1) is 0 Å². The normalized spacial score (nSPS) is 12.0. The van der Waals surface area contributed by atoms with Crippen LogP contribution in [0, 0.1) is 0 Å². The summed E-state index contributed by atoms with van der Waals surface area (Å²) in [5.41, 5.74) is 0. The molecule has 0 rings (SSSR count). The molecule has 0 N–H and O–H groups in total. The van der Waals surface area contributed by atoms with Crippen LogP contribution in [0.25, 0.3) is 0 Å². The van der Waals surface area contributed by atoms with Crippen LogP contribution in [0.1, 0.15) is 13.8 Å². The Bertz CT molecular complexity index is 83.8. The molecule has 0 radical (unpaired) electrons. The Kier molecular flexibility index (Phi) is 5.62. The van der Waals surface area contributed by atoms with Crippen molar-refractivity contribution in [2.45, 2.75) is 20.4 Å². The highest BCUT2D eigenvalue weighted by Crippen LogP contribution is 2.09. The summed E-state index contributed by atoms with van der Waals surface area (Å²) < 4.78 is 11.0. The van der Waals surface area contributed by atoms with Crippen molar-refractivity contribution < 1.29 is 8.85 Å². The summed E-state index contributed by atoms with van der Waals surface area (Å²) in [6, 6.07) is 0. The molecular weight excluding hydrogens is 212 g/mol. The Balaban J connectivity index is 3.69. The lowest BCUT2D eigenvalue weighted by molar-refractivity contribution is 0.195. The van der Waals surface area contributed by atoms with Gasteiger partial charge in [0.15, 0.2) is 0 Å². The Hall–Kier alpha value is 0.617. The zero-order valence-electron chi connectivity index (χ0n) is 6.82. The van der Waals surface area contributed by atoms with Gasteiger partial charge in [-0.2, -0.15) is 0 Å². The monoisotopic (exact) mass is 226 g/mol. The lowest BCUT2D eigenvalue weighted by atomic mass is 10.9. The highest BCUT2D eigenvalue weighted by atomic mass is 79.9. The van der Waals surface area contributed by atoms with Gasteiger partial charge >= 0.3 is 8.56 Å². The third-order valence-corrected chi connectivity index (χ3v) is 6.48. The molecule has 0 bridgehead atoms. The maximum absolute atomic E-state index is 5.49. The fraction of sp³-hybridized carbons (Fsp3) is 1.00. The van der Waals surface area contributed by atoms with Gasteiger partial charge in [-0.05, 0) is 20.4 Å². The summed E-state index contributed by atoms with van der Waals surface area (Å²) in [6.45, 7) is 7.54. The van der Waals surface area contributed by atoms with Gasteiger partial charge in [-0.25, -0.2) is 0 Å². The van der Waals surface area contributed by atoms with Crippen molar-refractivity contribution in [1.29, 1.82) is 0 Å². The standard InChI is InChI=1S/C6H15BrO2Si/c1-4-8-10(3,6-7)9-5-2/h4-6H2,1-3H3. The quantitative estimate of drug-likeness (QED) is 0.528. The third-order valence-electron chi connectivity index (χ3n) is 1.14. The summed E-state index contributed by atoms with van der Waals surface area (Å²) in [4.78, 5) is 0.849. The molecule has 0 fully saturated rings. The predicted octanol–water partition coefficient (Wildman–Crippen LogP) is 2.07. The number of hydrogen-bond donors (Lipinski definition) is 0. The van der Waals surface area contributed by atoms with E-state index in [9.17, 15) is 0 Å². The molecule has 0 aliphatic rings. The van der Waals surface area contributed by atoms with Crippen LogP contribution in [0.15, 0.2) is 0 Å². The maximum atomic E-state index is 5.49. The average molecular weight is 227 g/mol. The first-order chi connectivity index (χ1) is 4.68. The molecule has 2 nitrogen and oxygen atoms in total. The van der Waals surface area contributed by atoms with Crippen LogP contribution >= 0.6 is 15.9 Å². The van der Waals surface area contributed by atoms with Crippen molar-refractivity contribution in [3.63, 3.8) is 0 Å². The molecule has 0 aliphatic carbocycles. The molecule has 0 atom stereocenters. The first-order valence-corrected chi connectivity index (χ1v) is 7.17. The smallest absolute Gasteiger partial charge is 0.345 e. The Labute approximate surface area is 72.3 Å². The first-order valence-electron chi connectivity index (χ1n) is 3.52.